The topological polar surface area (TPSA) is 69.8 Å². The third-order valence-corrected chi connectivity index (χ3v) is 3.59. The van der Waals surface area contributed by atoms with E-state index in [0.717, 1.165) is 37.3 Å². The van der Waals surface area contributed by atoms with Gasteiger partial charge in [0.25, 0.3) is 5.91 Å². The van der Waals surface area contributed by atoms with Crippen LogP contribution in [0.2, 0.25) is 0 Å². The van der Waals surface area contributed by atoms with Gasteiger partial charge in [0, 0.05) is 29.6 Å². The fraction of sp³-hybridized carbons (Fsp3) is 0.333. The molecule has 2 heterocycles. The van der Waals surface area contributed by atoms with E-state index in [1.54, 1.807) is 12.4 Å². The molecule has 5 heteroatoms. The molecule has 3 rings (SSSR count). The van der Waals surface area contributed by atoms with Gasteiger partial charge in [-0.15, -0.1) is 0 Å². The zero-order chi connectivity index (χ0) is 13.8. The Hall–Kier alpha value is -2.14. The summed E-state index contributed by atoms with van der Waals surface area (Å²) in [4.78, 5) is 19.4. The molecule has 1 saturated heterocycles. The van der Waals surface area contributed by atoms with Gasteiger partial charge in [-0.25, -0.2) is 4.98 Å². The summed E-state index contributed by atoms with van der Waals surface area (Å²) in [5.41, 5.74) is 1.67. The van der Waals surface area contributed by atoms with Crippen LogP contribution in [0.25, 0.3) is 11.4 Å². The van der Waals surface area contributed by atoms with E-state index in [1.165, 1.54) is 0 Å². The molecule has 5 nitrogen and oxygen atoms in total. The standard InChI is InChI=1S/C15H18N4O/c20-15(19-13-5-7-16-8-6-13)12-3-1-11(2-4-12)14-17-9-10-18-14/h1-4,9-10,13,16H,5-8H2,(H,17,18)(H,19,20). The fourth-order valence-corrected chi connectivity index (χ4v) is 2.44. The van der Waals surface area contributed by atoms with Crippen LogP contribution in [0.5, 0.6) is 0 Å². The van der Waals surface area contributed by atoms with Crippen LogP contribution in [0.4, 0.5) is 0 Å². The molecule has 3 N–H and O–H groups in total. The van der Waals surface area contributed by atoms with Crippen molar-refractivity contribution < 1.29 is 4.79 Å². The number of aromatic nitrogens is 2. The number of benzene rings is 1. The summed E-state index contributed by atoms with van der Waals surface area (Å²) in [5.74, 6) is 0.818. The summed E-state index contributed by atoms with van der Waals surface area (Å²) in [7, 11) is 0. The second kappa shape index (κ2) is 5.88. The minimum absolute atomic E-state index is 0.00268. The highest BCUT2D eigenvalue weighted by Crippen LogP contribution is 2.15. The fourth-order valence-electron chi connectivity index (χ4n) is 2.44. The third-order valence-electron chi connectivity index (χ3n) is 3.59. The number of hydrogen-bond donors (Lipinski definition) is 3. The summed E-state index contributed by atoms with van der Waals surface area (Å²) >= 11 is 0. The predicted molar refractivity (Wildman–Crippen MR) is 77.4 cm³/mol. The molecule has 1 aliphatic rings. The highest BCUT2D eigenvalue weighted by Gasteiger charge is 2.16. The monoisotopic (exact) mass is 270 g/mol. The number of aromatic amines is 1. The van der Waals surface area contributed by atoms with E-state index in [9.17, 15) is 4.79 Å². The van der Waals surface area contributed by atoms with Crippen LogP contribution in [0, 0.1) is 0 Å². The summed E-state index contributed by atoms with van der Waals surface area (Å²) < 4.78 is 0. The lowest BCUT2D eigenvalue weighted by atomic mass is 10.1. The number of H-pyrrole nitrogens is 1. The number of carbonyl (C=O) groups is 1. The zero-order valence-corrected chi connectivity index (χ0v) is 11.2. The Morgan fingerprint density at radius 2 is 1.95 bits per heavy atom. The highest BCUT2D eigenvalue weighted by molar-refractivity contribution is 5.94. The van der Waals surface area contributed by atoms with Gasteiger partial charge < -0.3 is 15.6 Å². The first-order valence-corrected chi connectivity index (χ1v) is 6.94. The Bertz CT molecular complexity index is 556. The maximum absolute atomic E-state index is 12.2. The zero-order valence-electron chi connectivity index (χ0n) is 11.2. The lowest BCUT2D eigenvalue weighted by molar-refractivity contribution is 0.0929. The molecule has 0 aliphatic carbocycles. The molecule has 1 aromatic carbocycles. The number of rotatable bonds is 3. The van der Waals surface area contributed by atoms with Crippen molar-refractivity contribution in [1.29, 1.82) is 0 Å². The number of piperidine rings is 1. The van der Waals surface area contributed by atoms with Crippen LogP contribution in [0.3, 0.4) is 0 Å². The van der Waals surface area contributed by atoms with Crippen molar-refractivity contribution in [2.24, 2.45) is 0 Å². The maximum Gasteiger partial charge on any atom is 0.251 e. The molecule has 0 atom stereocenters. The average molecular weight is 270 g/mol. The van der Waals surface area contributed by atoms with E-state index in [-0.39, 0.29) is 11.9 Å². The number of imidazole rings is 1. The number of amides is 1. The number of nitrogens with zero attached hydrogens (tertiary/aromatic N) is 1. The predicted octanol–water partition coefficient (Wildman–Crippen LogP) is 1.56. The molecule has 1 fully saturated rings. The quantitative estimate of drug-likeness (QED) is 0.792. The third kappa shape index (κ3) is 2.88. The van der Waals surface area contributed by atoms with Crippen LogP contribution >= 0.6 is 0 Å². The Morgan fingerprint density at radius 1 is 1.20 bits per heavy atom. The summed E-state index contributed by atoms with van der Waals surface area (Å²) in [6.45, 7) is 1.95. The molecule has 1 aromatic heterocycles. The number of carbonyl (C=O) groups excluding carboxylic acids is 1. The van der Waals surface area contributed by atoms with Gasteiger partial charge in [-0.05, 0) is 38.1 Å². The second-order valence-electron chi connectivity index (χ2n) is 5.01. The average Bonchev–Trinajstić information content (AvgIpc) is 3.03. The van der Waals surface area contributed by atoms with Crippen molar-refractivity contribution in [2.75, 3.05) is 13.1 Å². The molecule has 1 amide bonds. The van der Waals surface area contributed by atoms with Crippen LogP contribution in [0.1, 0.15) is 23.2 Å². The van der Waals surface area contributed by atoms with Gasteiger partial charge in [0.05, 0.1) is 0 Å². The summed E-state index contributed by atoms with van der Waals surface area (Å²) in [6, 6.07) is 7.79. The first kappa shape index (κ1) is 12.9. The van der Waals surface area contributed by atoms with Gasteiger partial charge in [0.15, 0.2) is 0 Å². The molecule has 0 spiro atoms. The molecule has 20 heavy (non-hydrogen) atoms. The smallest absolute Gasteiger partial charge is 0.251 e. The second-order valence-corrected chi connectivity index (χ2v) is 5.01. The van der Waals surface area contributed by atoms with E-state index in [1.807, 2.05) is 24.3 Å². The molecule has 0 radical (unpaired) electrons. The van der Waals surface area contributed by atoms with Gasteiger partial charge >= 0.3 is 0 Å². The molecule has 2 aromatic rings. The molecule has 0 unspecified atom stereocenters. The van der Waals surface area contributed by atoms with Gasteiger partial charge in [0.2, 0.25) is 0 Å². The van der Waals surface area contributed by atoms with E-state index in [4.69, 9.17) is 0 Å². The molecule has 1 aliphatic heterocycles. The first-order chi connectivity index (χ1) is 9.83. The van der Waals surface area contributed by atoms with E-state index in [0.29, 0.717) is 5.56 Å². The summed E-state index contributed by atoms with van der Waals surface area (Å²) in [6.07, 6.45) is 5.49. The first-order valence-electron chi connectivity index (χ1n) is 6.94. The van der Waals surface area contributed by atoms with Crippen molar-refractivity contribution in [3.63, 3.8) is 0 Å². The summed E-state index contributed by atoms with van der Waals surface area (Å²) in [5, 5.41) is 6.38. The molecule has 104 valence electrons. The lowest BCUT2D eigenvalue weighted by Gasteiger charge is -2.23. The SMILES string of the molecule is O=C(NC1CCNCC1)c1ccc(-c2ncc[nH]2)cc1. The number of hydrogen-bond acceptors (Lipinski definition) is 3. The van der Waals surface area contributed by atoms with Crippen molar-refractivity contribution in [3.8, 4) is 11.4 Å². The van der Waals surface area contributed by atoms with E-state index >= 15 is 0 Å². The Morgan fingerprint density at radius 3 is 2.60 bits per heavy atom. The molecular formula is C15H18N4O. The minimum Gasteiger partial charge on any atom is -0.349 e. The molecule has 0 bridgehead atoms. The van der Waals surface area contributed by atoms with Crippen molar-refractivity contribution >= 4 is 5.91 Å². The van der Waals surface area contributed by atoms with Gasteiger partial charge in [-0.1, -0.05) is 12.1 Å². The van der Waals surface area contributed by atoms with Gasteiger partial charge in [-0.3, -0.25) is 4.79 Å². The van der Waals surface area contributed by atoms with Crippen LogP contribution < -0.4 is 10.6 Å². The van der Waals surface area contributed by atoms with Crippen LogP contribution in [0.15, 0.2) is 36.7 Å². The number of nitrogens with one attached hydrogen (secondary N) is 3. The van der Waals surface area contributed by atoms with E-state index in [2.05, 4.69) is 20.6 Å². The van der Waals surface area contributed by atoms with Crippen molar-refractivity contribution in [2.45, 2.75) is 18.9 Å². The van der Waals surface area contributed by atoms with Crippen molar-refractivity contribution in [3.05, 3.63) is 42.2 Å². The maximum atomic E-state index is 12.2. The Balaban J connectivity index is 1.66. The minimum atomic E-state index is 0.00268. The lowest BCUT2D eigenvalue weighted by Crippen LogP contribution is -2.42. The largest absolute Gasteiger partial charge is 0.349 e. The highest BCUT2D eigenvalue weighted by atomic mass is 16.1. The Kier molecular flexibility index (Phi) is 3.78. The molecular weight excluding hydrogens is 252 g/mol. The normalized spacial score (nSPS) is 16.0. The Labute approximate surface area is 117 Å². The van der Waals surface area contributed by atoms with Gasteiger partial charge in [-0.2, -0.15) is 0 Å². The van der Waals surface area contributed by atoms with Crippen LogP contribution in [-0.2, 0) is 0 Å². The van der Waals surface area contributed by atoms with Gasteiger partial charge in [0.1, 0.15) is 5.82 Å². The molecule has 0 saturated carbocycles. The van der Waals surface area contributed by atoms with Crippen molar-refractivity contribution in [1.82, 2.24) is 20.6 Å². The van der Waals surface area contributed by atoms with E-state index < -0.39 is 0 Å². The van der Waals surface area contributed by atoms with Crippen LogP contribution in [-0.4, -0.2) is 35.0 Å².